The summed E-state index contributed by atoms with van der Waals surface area (Å²) in [5.41, 5.74) is 4.47. The lowest BCUT2D eigenvalue weighted by Gasteiger charge is -2.31. The maximum atomic E-state index is 5.59. The van der Waals surface area contributed by atoms with Crippen LogP contribution in [0.15, 0.2) is 42.6 Å². The van der Waals surface area contributed by atoms with Crippen molar-refractivity contribution in [3.8, 4) is 0 Å². The van der Waals surface area contributed by atoms with Crippen molar-refractivity contribution in [3.63, 3.8) is 0 Å². The number of hydrogen-bond donors (Lipinski definition) is 2. The normalized spacial score (nSPS) is 16.1. The van der Waals surface area contributed by atoms with Crippen LogP contribution in [0.4, 0.5) is 5.69 Å². The molecule has 1 aromatic carbocycles. The van der Waals surface area contributed by atoms with Gasteiger partial charge in [-0.3, -0.25) is 4.98 Å². The maximum Gasteiger partial charge on any atom is 0.171 e. The topological polar surface area (TPSA) is 37.0 Å². The summed E-state index contributed by atoms with van der Waals surface area (Å²) >= 11 is 5.59. The lowest BCUT2D eigenvalue weighted by Crippen LogP contribution is -2.46. The molecule has 1 saturated carbocycles. The van der Waals surface area contributed by atoms with E-state index < -0.39 is 0 Å². The number of thiocarbonyl (C=S) groups is 1. The predicted molar refractivity (Wildman–Crippen MR) is 99.7 cm³/mol. The summed E-state index contributed by atoms with van der Waals surface area (Å²) in [4.78, 5) is 4.57. The van der Waals surface area contributed by atoms with E-state index >= 15 is 0 Å². The molecule has 3 rings (SSSR count). The molecule has 0 radical (unpaired) electrons. The molecule has 1 aliphatic carbocycles. The van der Waals surface area contributed by atoms with Gasteiger partial charge in [0, 0.05) is 11.9 Å². The molecule has 3 nitrogen and oxygen atoms in total. The van der Waals surface area contributed by atoms with Gasteiger partial charge in [-0.25, -0.2) is 0 Å². The van der Waals surface area contributed by atoms with Gasteiger partial charge in [0.1, 0.15) is 0 Å². The van der Waals surface area contributed by atoms with Crippen molar-refractivity contribution in [2.45, 2.75) is 45.1 Å². The Hall–Kier alpha value is -1.94. The van der Waals surface area contributed by atoms with Gasteiger partial charge in [-0.05, 0) is 62.7 Å². The Balaban J connectivity index is 1.77. The third-order valence-electron chi connectivity index (χ3n) is 4.60. The third-order valence-corrected chi connectivity index (χ3v) is 4.80. The van der Waals surface area contributed by atoms with Gasteiger partial charge in [0.25, 0.3) is 0 Å². The summed E-state index contributed by atoms with van der Waals surface area (Å²) in [6.45, 7) is 4.20. The molecular formula is C19H23N3S. The number of rotatable bonds is 3. The minimum absolute atomic E-state index is 0.135. The number of pyridine rings is 1. The molecule has 0 saturated heterocycles. The highest BCUT2D eigenvalue weighted by Gasteiger charge is 2.37. The van der Waals surface area contributed by atoms with E-state index in [9.17, 15) is 0 Å². The molecule has 1 aromatic heterocycles. The van der Waals surface area contributed by atoms with Crippen molar-refractivity contribution in [1.29, 1.82) is 0 Å². The van der Waals surface area contributed by atoms with Crippen molar-refractivity contribution in [1.82, 2.24) is 10.3 Å². The minimum atomic E-state index is -0.135. The molecule has 1 fully saturated rings. The number of hydrogen-bond acceptors (Lipinski definition) is 2. The highest BCUT2D eigenvalue weighted by molar-refractivity contribution is 7.80. The largest absolute Gasteiger partial charge is 0.351 e. The lowest BCUT2D eigenvalue weighted by atomic mass is 9.93. The van der Waals surface area contributed by atoms with Gasteiger partial charge >= 0.3 is 0 Å². The Morgan fingerprint density at radius 2 is 1.91 bits per heavy atom. The summed E-state index contributed by atoms with van der Waals surface area (Å²) in [7, 11) is 0. The molecular weight excluding hydrogens is 302 g/mol. The number of benzene rings is 1. The Morgan fingerprint density at radius 3 is 2.57 bits per heavy atom. The van der Waals surface area contributed by atoms with Crippen molar-refractivity contribution in [3.05, 3.63) is 59.4 Å². The third kappa shape index (κ3) is 3.53. The molecule has 1 aliphatic rings. The van der Waals surface area contributed by atoms with Crippen LogP contribution < -0.4 is 10.6 Å². The zero-order valence-corrected chi connectivity index (χ0v) is 14.5. The molecule has 23 heavy (non-hydrogen) atoms. The van der Waals surface area contributed by atoms with Gasteiger partial charge < -0.3 is 10.6 Å². The van der Waals surface area contributed by atoms with Crippen LogP contribution in [0, 0.1) is 13.8 Å². The van der Waals surface area contributed by atoms with Crippen LogP contribution in [0.2, 0.25) is 0 Å². The van der Waals surface area contributed by atoms with Gasteiger partial charge in [-0.15, -0.1) is 0 Å². The average Bonchev–Trinajstić information content (AvgIpc) is 3.01. The molecule has 2 aromatic rings. The first-order valence-corrected chi connectivity index (χ1v) is 8.58. The minimum Gasteiger partial charge on any atom is -0.351 e. The molecule has 120 valence electrons. The van der Waals surface area contributed by atoms with Crippen molar-refractivity contribution in [2.24, 2.45) is 0 Å². The van der Waals surface area contributed by atoms with E-state index in [1.54, 1.807) is 0 Å². The second kappa shape index (κ2) is 6.67. The van der Waals surface area contributed by atoms with Crippen LogP contribution in [0.1, 0.15) is 42.5 Å². The number of nitrogens with one attached hydrogen (secondary N) is 2. The van der Waals surface area contributed by atoms with Crippen LogP contribution in [-0.4, -0.2) is 10.1 Å². The fourth-order valence-electron chi connectivity index (χ4n) is 3.39. The van der Waals surface area contributed by atoms with Crippen LogP contribution in [-0.2, 0) is 5.54 Å². The number of aryl methyl sites for hydroxylation is 2. The smallest absolute Gasteiger partial charge is 0.171 e. The van der Waals surface area contributed by atoms with E-state index in [1.807, 2.05) is 18.3 Å². The summed E-state index contributed by atoms with van der Waals surface area (Å²) in [6, 6.07) is 12.4. The Morgan fingerprint density at radius 1 is 1.13 bits per heavy atom. The van der Waals surface area contributed by atoms with Crippen LogP contribution in [0.3, 0.4) is 0 Å². The molecule has 0 bridgehead atoms. The molecule has 4 heteroatoms. The van der Waals surface area contributed by atoms with Gasteiger partial charge in [0.05, 0.1) is 11.2 Å². The zero-order valence-electron chi connectivity index (χ0n) is 13.7. The molecule has 1 heterocycles. The van der Waals surface area contributed by atoms with E-state index in [2.05, 4.69) is 53.7 Å². The standard InChI is InChI=1S/C19H23N3S/c1-14-8-9-16(15(2)13-14)21-18(23)22-19(10-4-5-11-19)17-7-3-6-12-20-17/h3,6-9,12-13H,4-5,10-11H2,1-2H3,(H2,21,22,23). The fourth-order valence-corrected chi connectivity index (χ4v) is 3.70. The highest BCUT2D eigenvalue weighted by Crippen LogP contribution is 2.37. The summed E-state index contributed by atoms with van der Waals surface area (Å²) in [5.74, 6) is 0. The van der Waals surface area contributed by atoms with Crippen LogP contribution >= 0.6 is 12.2 Å². The monoisotopic (exact) mass is 325 g/mol. The Bertz CT molecular complexity index is 691. The first kappa shape index (κ1) is 15.9. The molecule has 2 N–H and O–H groups in total. The highest BCUT2D eigenvalue weighted by atomic mass is 32.1. The quantitative estimate of drug-likeness (QED) is 0.817. The van der Waals surface area contributed by atoms with E-state index in [0.29, 0.717) is 5.11 Å². The summed E-state index contributed by atoms with van der Waals surface area (Å²) < 4.78 is 0. The molecule has 0 aliphatic heterocycles. The molecule has 0 unspecified atom stereocenters. The lowest BCUT2D eigenvalue weighted by molar-refractivity contribution is 0.396. The van der Waals surface area contributed by atoms with E-state index in [4.69, 9.17) is 12.2 Å². The van der Waals surface area contributed by atoms with Gasteiger partial charge in [0.15, 0.2) is 5.11 Å². The summed E-state index contributed by atoms with van der Waals surface area (Å²) in [6.07, 6.45) is 6.40. The van der Waals surface area contributed by atoms with Crippen molar-refractivity contribution in [2.75, 3.05) is 5.32 Å². The fraction of sp³-hybridized carbons (Fsp3) is 0.368. The Labute approximate surface area is 143 Å². The van der Waals surface area contributed by atoms with Crippen molar-refractivity contribution >= 4 is 23.0 Å². The SMILES string of the molecule is Cc1ccc(NC(=S)NC2(c3ccccn3)CCCC2)c(C)c1. The average molecular weight is 325 g/mol. The Kier molecular flexibility index (Phi) is 4.62. The van der Waals surface area contributed by atoms with E-state index in [0.717, 1.165) is 24.2 Å². The van der Waals surface area contributed by atoms with Gasteiger partial charge in [-0.1, -0.05) is 36.6 Å². The number of aromatic nitrogens is 1. The van der Waals surface area contributed by atoms with Gasteiger partial charge in [0.2, 0.25) is 0 Å². The number of nitrogens with zero attached hydrogens (tertiary/aromatic N) is 1. The van der Waals surface area contributed by atoms with E-state index in [1.165, 1.54) is 24.0 Å². The van der Waals surface area contributed by atoms with Gasteiger partial charge in [-0.2, -0.15) is 0 Å². The molecule has 0 atom stereocenters. The first-order valence-electron chi connectivity index (χ1n) is 8.17. The van der Waals surface area contributed by atoms with Crippen molar-refractivity contribution < 1.29 is 0 Å². The number of anilines is 1. The maximum absolute atomic E-state index is 5.59. The predicted octanol–water partition coefficient (Wildman–Crippen LogP) is 4.45. The molecule has 0 amide bonds. The molecule has 0 spiro atoms. The van der Waals surface area contributed by atoms with E-state index in [-0.39, 0.29) is 5.54 Å². The second-order valence-corrected chi connectivity index (χ2v) is 6.81. The van der Waals surface area contributed by atoms with Crippen LogP contribution in [0.5, 0.6) is 0 Å². The zero-order chi connectivity index (χ0) is 16.3. The van der Waals surface area contributed by atoms with Crippen LogP contribution in [0.25, 0.3) is 0 Å². The second-order valence-electron chi connectivity index (χ2n) is 6.40. The first-order chi connectivity index (χ1) is 11.1. The summed E-state index contributed by atoms with van der Waals surface area (Å²) in [5, 5.41) is 7.58.